The van der Waals surface area contributed by atoms with Gasteiger partial charge >= 0.3 is 6.03 Å². The standard InChI is InChI=1S/C15H22FN3O2/c1-9(2)17-15(21)19-14(20)11(4)18-10(3)12-7-5-6-8-13(12)16/h5-11,18H,1-4H3,(H2,17,19,20,21)/t10-,11+/m1/s1. The molecule has 21 heavy (non-hydrogen) atoms. The van der Waals surface area contributed by atoms with Crippen molar-refractivity contribution in [3.05, 3.63) is 35.6 Å². The number of hydrogen-bond donors (Lipinski definition) is 3. The fourth-order valence-electron chi connectivity index (χ4n) is 1.89. The fourth-order valence-corrected chi connectivity index (χ4v) is 1.89. The molecule has 0 aliphatic carbocycles. The van der Waals surface area contributed by atoms with E-state index >= 15 is 0 Å². The van der Waals surface area contributed by atoms with Gasteiger partial charge in [-0.2, -0.15) is 0 Å². The average molecular weight is 295 g/mol. The highest BCUT2D eigenvalue weighted by molar-refractivity contribution is 5.96. The van der Waals surface area contributed by atoms with Crippen molar-refractivity contribution in [1.82, 2.24) is 16.0 Å². The van der Waals surface area contributed by atoms with Gasteiger partial charge in [0.1, 0.15) is 5.82 Å². The van der Waals surface area contributed by atoms with Gasteiger partial charge in [-0.25, -0.2) is 9.18 Å². The molecule has 1 aromatic carbocycles. The maximum atomic E-state index is 13.6. The molecule has 0 saturated carbocycles. The molecule has 0 radical (unpaired) electrons. The van der Waals surface area contributed by atoms with E-state index in [9.17, 15) is 14.0 Å². The Bertz CT molecular complexity index is 505. The highest BCUT2D eigenvalue weighted by Crippen LogP contribution is 2.16. The Kier molecular flexibility index (Phi) is 6.30. The lowest BCUT2D eigenvalue weighted by Gasteiger charge is -2.20. The topological polar surface area (TPSA) is 70.2 Å². The molecule has 1 aromatic rings. The molecule has 5 nitrogen and oxygen atoms in total. The van der Waals surface area contributed by atoms with Gasteiger partial charge in [0.2, 0.25) is 5.91 Å². The zero-order chi connectivity index (χ0) is 16.0. The van der Waals surface area contributed by atoms with Crippen molar-refractivity contribution in [2.45, 2.75) is 45.8 Å². The molecule has 2 atom stereocenters. The Morgan fingerprint density at radius 3 is 2.29 bits per heavy atom. The summed E-state index contributed by atoms with van der Waals surface area (Å²) in [6.07, 6.45) is 0. The van der Waals surface area contributed by atoms with Gasteiger partial charge in [-0.3, -0.25) is 15.4 Å². The Labute approximate surface area is 124 Å². The predicted octanol–water partition coefficient (Wildman–Crippen LogP) is 2.10. The molecular weight excluding hydrogens is 273 g/mol. The number of rotatable bonds is 5. The van der Waals surface area contributed by atoms with Crippen molar-refractivity contribution in [2.75, 3.05) is 0 Å². The normalized spacial score (nSPS) is 13.6. The zero-order valence-corrected chi connectivity index (χ0v) is 12.7. The van der Waals surface area contributed by atoms with E-state index in [-0.39, 0.29) is 17.9 Å². The number of nitrogens with one attached hydrogen (secondary N) is 3. The van der Waals surface area contributed by atoms with Gasteiger partial charge < -0.3 is 5.32 Å². The molecule has 3 amide bonds. The zero-order valence-electron chi connectivity index (χ0n) is 12.7. The van der Waals surface area contributed by atoms with E-state index in [1.54, 1.807) is 45.9 Å². The van der Waals surface area contributed by atoms with Crippen LogP contribution in [0.5, 0.6) is 0 Å². The van der Waals surface area contributed by atoms with E-state index in [1.807, 2.05) is 0 Å². The Morgan fingerprint density at radius 2 is 1.71 bits per heavy atom. The Morgan fingerprint density at radius 1 is 1.10 bits per heavy atom. The van der Waals surface area contributed by atoms with Crippen LogP contribution in [0.25, 0.3) is 0 Å². The summed E-state index contributed by atoms with van der Waals surface area (Å²) < 4.78 is 13.6. The molecule has 0 aliphatic rings. The molecule has 0 fully saturated rings. The third-order valence-corrected chi connectivity index (χ3v) is 2.92. The van der Waals surface area contributed by atoms with E-state index in [2.05, 4.69) is 16.0 Å². The van der Waals surface area contributed by atoms with Crippen LogP contribution in [0.2, 0.25) is 0 Å². The lowest BCUT2D eigenvalue weighted by atomic mass is 10.1. The lowest BCUT2D eigenvalue weighted by molar-refractivity contribution is -0.121. The van der Waals surface area contributed by atoms with Crippen LogP contribution in [-0.4, -0.2) is 24.0 Å². The van der Waals surface area contributed by atoms with Crippen LogP contribution in [0, 0.1) is 5.82 Å². The first-order chi connectivity index (χ1) is 9.81. The molecule has 0 unspecified atom stereocenters. The van der Waals surface area contributed by atoms with Crippen LogP contribution < -0.4 is 16.0 Å². The average Bonchev–Trinajstić information content (AvgIpc) is 2.37. The number of hydrogen-bond acceptors (Lipinski definition) is 3. The Hall–Kier alpha value is -1.95. The fraction of sp³-hybridized carbons (Fsp3) is 0.467. The molecule has 0 spiro atoms. The number of urea groups is 1. The summed E-state index contributed by atoms with van der Waals surface area (Å²) >= 11 is 0. The molecule has 116 valence electrons. The monoisotopic (exact) mass is 295 g/mol. The van der Waals surface area contributed by atoms with Crippen molar-refractivity contribution in [1.29, 1.82) is 0 Å². The van der Waals surface area contributed by atoms with Gasteiger partial charge in [0.05, 0.1) is 6.04 Å². The van der Waals surface area contributed by atoms with E-state index in [1.165, 1.54) is 6.07 Å². The summed E-state index contributed by atoms with van der Waals surface area (Å²) in [7, 11) is 0. The van der Waals surface area contributed by atoms with Crippen LogP contribution in [0.1, 0.15) is 39.3 Å². The van der Waals surface area contributed by atoms with Crippen molar-refractivity contribution in [2.24, 2.45) is 0 Å². The van der Waals surface area contributed by atoms with Gasteiger partial charge in [-0.1, -0.05) is 18.2 Å². The molecule has 0 bridgehead atoms. The van der Waals surface area contributed by atoms with Crippen molar-refractivity contribution in [3.63, 3.8) is 0 Å². The van der Waals surface area contributed by atoms with Gasteiger partial charge in [0.15, 0.2) is 0 Å². The van der Waals surface area contributed by atoms with Gasteiger partial charge in [-0.05, 0) is 33.8 Å². The highest BCUT2D eigenvalue weighted by atomic mass is 19.1. The second-order valence-electron chi connectivity index (χ2n) is 5.25. The van der Waals surface area contributed by atoms with E-state index in [0.717, 1.165) is 0 Å². The number of carbonyl (C=O) groups excluding carboxylic acids is 2. The summed E-state index contributed by atoms with van der Waals surface area (Å²) in [6.45, 7) is 6.98. The lowest BCUT2D eigenvalue weighted by Crippen LogP contribution is -2.49. The largest absolute Gasteiger partial charge is 0.336 e. The number of benzene rings is 1. The summed E-state index contributed by atoms with van der Waals surface area (Å²) in [6, 6.07) is 4.80. The number of carbonyl (C=O) groups is 2. The van der Waals surface area contributed by atoms with E-state index < -0.39 is 18.0 Å². The first-order valence-corrected chi connectivity index (χ1v) is 6.93. The highest BCUT2D eigenvalue weighted by Gasteiger charge is 2.19. The van der Waals surface area contributed by atoms with E-state index in [4.69, 9.17) is 0 Å². The molecular formula is C15H22FN3O2. The second-order valence-corrected chi connectivity index (χ2v) is 5.25. The third-order valence-electron chi connectivity index (χ3n) is 2.92. The van der Waals surface area contributed by atoms with Gasteiger partial charge in [-0.15, -0.1) is 0 Å². The third kappa shape index (κ3) is 5.51. The first-order valence-electron chi connectivity index (χ1n) is 6.93. The SMILES string of the molecule is CC(C)NC(=O)NC(=O)[C@H](C)N[C@H](C)c1ccccc1F. The van der Waals surface area contributed by atoms with Crippen LogP contribution in [0.15, 0.2) is 24.3 Å². The molecule has 0 aromatic heterocycles. The Balaban J connectivity index is 2.56. The van der Waals surface area contributed by atoms with Crippen LogP contribution in [0.4, 0.5) is 9.18 Å². The molecule has 1 rings (SSSR count). The van der Waals surface area contributed by atoms with Gasteiger partial charge in [0, 0.05) is 17.6 Å². The number of halogens is 1. The maximum absolute atomic E-state index is 13.6. The molecule has 0 heterocycles. The summed E-state index contributed by atoms with van der Waals surface area (Å²) in [5.41, 5.74) is 0.476. The van der Waals surface area contributed by atoms with Crippen molar-refractivity contribution >= 4 is 11.9 Å². The molecule has 3 N–H and O–H groups in total. The van der Waals surface area contributed by atoms with Crippen molar-refractivity contribution in [3.8, 4) is 0 Å². The minimum Gasteiger partial charge on any atom is -0.336 e. The van der Waals surface area contributed by atoms with E-state index in [0.29, 0.717) is 5.56 Å². The summed E-state index contributed by atoms with van der Waals surface area (Å²) in [5, 5.41) is 7.76. The smallest absolute Gasteiger partial charge is 0.321 e. The second kappa shape index (κ2) is 7.73. The van der Waals surface area contributed by atoms with Crippen LogP contribution in [0.3, 0.4) is 0 Å². The van der Waals surface area contributed by atoms with Gasteiger partial charge in [0.25, 0.3) is 0 Å². The minimum absolute atomic E-state index is 0.0570. The number of imide groups is 1. The maximum Gasteiger partial charge on any atom is 0.321 e. The minimum atomic E-state index is -0.627. The summed E-state index contributed by atoms with van der Waals surface area (Å²) in [5.74, 6) is -0.793. The van der Waals surface area contributed by atoms with Crippen LogP contribution in [-0.2, 0) is 4.79 Å². The number of amides is 3. The summed E-state index contributed by atoms with van der Waals surface area (Å²) in [4.78, 5) is 23.3. The predicted molar refractivity (Wildman–Crippen MR) is 79.2 cm³/mol. The molecule has 0 aliphatic heterocycles. The van der Waals surface area contributed by atoms with Crippen LogP contribution >= 0.6 is 0 Å². The van der Waals surface area contributed by atoms with Crippen molar-refractivity contribution < 1.29 is 14.0 Å². The first kappa shape index (κ1) is 17.1. The molecule has 0 saturated heterocycles. The molecule has 6 heteroatoms. The quantitative estimate of drug-likeness (QED) is 0.779.